The molecule has 0 saturated heterocycles. The van der Waals surface area contributed by atoms with Gasteiger partial charge in [-0.25, -0.2) is 9.37 Å². The van der Waals surface area contributed by atoms with Crippen LogP contribution in [0.3, 0.4) is 0 Å². The molecule has 1 aliphatic rings. The molecule has 0 unspecified atom stereocenters. The van der Waals surface area contributed by atoms with Gasteiger partial charge in [-0.05, 0) is 60.7 Å². The molecule has 1 amide bonds. The number of carbonyl (C=O) groups is 1. The van der Waals surface area contributed by atoms with E-state index < -0.39 is 11.7 Å². The average molecular weight is 486 g/mol. The van der Waals surface area contributed by atoms with Gasteiger partial charge in [0, 0.05) is 15.4 Å². The van der Waals surface area contributed by atoms with Gasteiger partial charge in [0.1, 0.15) is 5.82 Å². The minimum Gasteiger partial charge on any atom is -0.319 e. The molecule has 0 spiro atoms. The number of carbonyl (C=O) groups excluding carboxylic acids is 1. The van der Waals surface area contributed by atoms with Crippen LogP contribution in [0.4, 0.5) is 10.1 Å². The van der Waals surface area contributed by atoms with Crippen molar-refractivity contribution in [2.75, 3.05) is 5.32 Å². The Hall–Kier alpha value is -3.56. The molecule has 6 heteroatoms. The van der Waals surface area contributed by atoms with Gasteiger partial charge in [0.15, 0.2) is 0 Å². The highest BCUT2D eigenvalue weighted by Crippen LogP contribution is 2.47. The molecule has 4 aromatic rings. The van der Waals surface area contributed by atoms with E-state index in [1.165, 1.54) is 12.1 Å². The van der Waals surface area contributed by atoms with Crippen molar-refractivity contribution in [3.63, 3.8) is 0 Å². The van der Waals surface area contributed by atoms with E-state index in [1.54, 1.807) is 0 Å². The molecule has 1 fully saturated rings. The van der Waals surface area contributed by atoms with Crippen molar-refractivity contribution in [1.29, 1.82) is 5.26 Å². The van der Waals surface area contributed by atoms with Crippen LogP contribution in [-0.2, 0) is 0 Å². The lowest BCUT2D eigenvalue weighted by molar-refractivity contribution is 0.102. The Morgan fingerprint density at radius 2 is 1.88 bits per heavy atom. The van der Waals surface area contributed by atoms with Crippen LogP contribution in [0.2, 0.25) is 0 Å². The number of nitrogens with one attached hydrogen (secondary N) is 1. The number of benzene rings is 3. The van der Waals surface area contributed by atoms with E-state index in [4.69, 9.17) is 10.2 Å². The first-order chi connectivity index (χ1) is 15.5. The van der Waals surface area contributed by atoms with Crippen molar-refractivity contribution >= 4 is 38.4 Å². The number of halogens is 2. The first-order valence-electron chi connectivity index (χ1n) is 10.2. The van der Waals surface area contributed by atoms with Gasteiger partial charge in [0.2, 0.25) is 0 Å². The SMILES string of the molecule is N#Cc1ccc(NC(=O)c2c(C3CC3)c(-c3ccccc3)nc3ccc(Br)cc23)c(F)c1. The van der Waals surface area contributed by atoms with Gasteiger partial charge in [-0.15, -0.1) is 0 Å². The highest BCUT2D eigenvalue weighted by molar-refractivity contribution is 9.10. The van der Waals surface area contributed by atoms with E-state index >= 15 is 0 Å². The summed E-state index contributed by atoms with van der Waals surface area (Å²) in [5.41, 5.74) is 4.07. The van der Waals surface area contributed by atoms with Gasteiger partial charge in [-0.1, -0.05) is 46.3 Å². The molecule has 1 aromatic heterocycles. The Morgan fingerprint density at radius 1 is 1.09 bits per heavy atom. The van der Waals surface area contributed by atoms with Gasteiger partial charge in [-0.3, -0.25) is 4.79 Å². The molecule has 1 heterocycles. The molecule has 0 atom stereocenters. The Labute approximate surface area is 192 Å². The van der Waals surface area contributed by atoms with Crippen molar-refractivity contribution in [3.8, 4) is 17.3 Å². The average Bonchev–Trinajstić information content (AvgIpc) is 3.65. The van der Waals surface area contributed by atoms with E-state index in [2.05, 4.69) is 21.2 Å². The van der Waals surface area contributed by atoms with Crippen LogP contribution >= 0.6 is 15.9 Å². The van der Waals surface area contributed by atoms with Crippen molar-refractivity contribution in [2.24, 2.45) is 0 Å². The number of rotatable bonds is 4. The van der Waals surface area contributed by atoms with Crippen molar-refractivity contribution < 1.29 is 9.18 Å². The van der Waals surface area contributed by atoms with Crippen LogP contribution in [0, 0.1) is 17.1 Å². The summed E-state index contributed by atoms with van der Waals surface area (Å²) in [6.45, 7) is 0. The first kappa shape index (κ1) is 20.3. The third-order valence-electron chi connectivity index (χ3n) is 5.59. The predicted octanol–water partition coefficient (Wildman–Crippen LogP) is 6.80. The lowest BCUT2D eigenvalue weighted by atomic mass is 9.93. The Morgan fingerprint density at radius 3 is 2.56 bits per heavy atom. The summed E-state index contributed by atoms with van der Waals surface area (Å²) in [6.07, 6.45) is 1.96. The Kier molecular flexibility index (Phi) is 5.20. The zero-order chi connectivity index (χ0) is 22.2. The topological polar surface area (TPSA) is 65.8 Å². The first-order valence-corrected chi connectivity index (χ1v) is 11.0. The van der Waals surface area contributed by atoms with Crippen LogP contribution in [-0.4, -0.2) is 10.9 Å². The lowest BCUT2D eigenvalue weighted by Crippen LogP contribution is -2.17. The number of anilines is 1. The molecule has 0 bridgehead atoms. The van der Waals surface area contributed by atoms with Crippen LogP contribution in [0.5, 0.6) is 0 Å². The van der Waals surface area contributed by atoms with Crippen molar-refractivity contribution in [1.82, 2.24) is 4.98 Å². The molecule has 0 radical (unpaired) electrons. The monoisotopic (exact) mass is 485 g/mol. The minimum absolute atomic E-state index is 0.0389. The maximum atomic E-state index is 14.5. The number of hydrogen-bond donors (Lipinski definition) is 1. The number of aromatic nitrogens is 1. The van der Waals surface area contributed by atoms with Crippen LogP contribution in [0.25, 0.3) is 22.2 Å². The van der Waals surface area contributed by atoms with Crippen LogP contribution in [0.15, 0.2) is 71.2 Å². The molecular formula is C26H17BrFN3O. The van der Waals surface area contributed by atoms with Gasteiger partial charge >= 0.3 is 0 Å². The summed E-state index contributed by atoms with van der Waals surface area (Å²) in [5.74, 6) is -0.806. The number of fused-ring (bicyclic) bond motifs is 1. The molecular weight excluding hydrogens is 469 g/mol. The molecule has 1 N–H and O–H groups in total. The minimum atomic E-state index is -0.645. The smallest absolute Gasteiger partial charge is 0.256 e. The quantitative estimate of drug-likeness (QED) is 0.345. The second-order valence-electron chi connectivity index (χ2n) is 7.81. The zero-order valence-electron chi connectivity index (χ0n) is 16.9. The van der Waals surface area contributed by atoms with E-state index in [9.17, 15) is 9.18 Å². The molecule has 156 valence electrons. The lowest BCUT2D eigenvalue weighted by Gasteiger charge is -2.18. The molecule has 0 aliphatic heterocycles. The summed E-state index contributed by atoms with van der Waals surface area (Å²) in [6, 6.07) is 21.4. The summed E-state index contributed by atoms with van der Waals surface area (Å²) >= 11 is 3.50. The van der Waals surface area contributed by atoms with E-state index in [1.807, 2.05) is 54.6 Å². The van der Waals surface area contributed by atoms with E-state index in [0.717, 1.165) is 40.2 Å². The summed E-state index contributed by atoms with van der Waals surface area (Å²) in [5, 5.41) is 12.4. The number of amides is 1. The highest BCUT2D eigenvalue weighted by atomic mass is 79.9. The number of pyridine rings is 1. The maximum Gasteiger partial charge on any atom is 0.256 e. The third kappa shape index (κ3) is 3.76. The van der Waals surface area contributed by atoms with Crippen LogP contribution in [0.1, 0.15) is 40.2 Å². The molecule has 4 nitrogen and oxygen atoms in total. The van der Waals surface area contributed by atoms with E-state index in [0.29, 0.717) is 16.5 Å². The summed E-state index contributed by atoms with van der Waals surface area (Å²) in [7, 11) is 0. The predicted molar refractivity (Wildman–Crippen MR) is 126 cm³/mol. The second-order valence-corrected chi connectivity index (χ2v) is 8.73. The van der Waals surface area contributed by atoms with Crippen molar-refractivity contribution in [3.05, 3.63) is 93.7 Å². The van der Waals surface area contributed by atoms with E-state index in [-0.39, 0.29) is 17.2 Å². The van der Waals surface area contributed by atoms with Gasteiger partial charge in [0.05, 0.1) is 34.1 Å². The van der Waals surface area contributed by atoms with Gasteiger partial charge in [0.25, 0.3) is 5.91 Å². The molecule has 1 saturated carbocycles. The van der Waals surface area contributed by atoms with Crippen molar-refractivity contribution in [2.45, 2.75) is 18.8 Å². The largest absolute Gasteiger partial charge is 0.319 e. The number of nitriles is 1. The number of nitrogens with zero attached hydrogens (tertiary/aromatic N) is 2. The Balaban J connectivity index is 1.72. The van der Waals surface area contributed by atoms with Gasteiger partial charge < -0.3 is 5.32 Å². The van der Waals surface area contributed by atoms with Crippen LogP contribution < -0.4 is 5.32 Å². The zero-order valence-corrected chi connectivity index (χ0v) is 18.5. The molecule has 32 heavy (non-hydrogen) atoms. The molecule has 1 aliphatic carbocycles. The third-order valence-corrected chi connectivity index (χ3v) is 6.08. The molecule has 3 aromatic carbocycles. The number of hydrogen-bond acceptors (Lipinski definition) is 3. The second kappa shape index (κ2) is 8.18. The fourth-order valence-electron chi connectivity index (χ4n) is 3.95. The standard InChI is InChI=1S/C26H17BrFN3O/c27-18-9-11-21-19(13-18)24(26(32)31-22-10-6-15(14-29)12-20(22)28)23(16-7-8-16)25(30-21)17-4-2-1-3-5-17/h1-6,9-13,16H,7-8H2,(H,31,32). The molecule has 5 rings (SSSR count). The Bertz CT molecular complexity index is 1410. The summed E-state index contributed by atoms with van der Waals surface area (Å²) in [4.78, 5) is 18.5. The fourth-order valence-corrected chi connectivity index (χ4v) is 4.31. The van der Waals surface area contributed by atoms with Gasteiger partial charge in [-0.2, -0.15) is 5.26 Å². The summed E-state index contributed by atoms with van der Waals surface area (Å²) < 4.78 is 15.4. The fraction of sp³-hybridized carbons (Fsp3) is 0.115. The highest BCUT2D eigenvalue weighted by Gasteiger charge is 2.33. The normalized spacial score (nSPS) is 13.0. The maximum absolute atomic E-state index is 14.5.